The van der Waals surface area contributed by atoms with E-state index in [-0.39, 0.29) is 5.41 Å². The highest BCUT2D eigenvalue weighted by molar-refractivity contribution is 7.26. The average molecular weight is 737 g/mol. The molecule has 2 aromatic heterocycles. The molecule has 1 aliphatic rings. The lowest BCUT2D eigenvalue weighted by Crippen LogP contribution is -2.16. The third-order valence-corrected chi connectivity index (χ3v) is 12.8. The molecule has 0 amide bonds. The maximum atomic E-state index is 6.52. The van der Waals surface area contributed by atoms with Crippen LogP contribution < -0.4 is 4.90 Å². The van der Waals surface area contributed by atoms with Gasteiger partial charge >= 0.3 is 0 Å². The average Bonchev–Trinajstić information content (AvgIpc) is 3.92. The topological polar surface area (TPSA) is 29.3 Å². The Kier molecular flexibility index (Phi) is 7.38. The van der Waals surface area contributed by atoms with Crippen molar-refractivity contribution in [1.29, 1.82) is 0 Å². The van der Waals surface area contributed by atoms with Crippen LogP contribution in [-0.4, -0.2) is 4.98 Å². The highest BCUT2D eigenvalue weighted by atomic mass is 32.1. The summed E-state index contributed by atoms with van der Waals surface area (Å²) in [6.07, 6.45) is 0. The van der Waals surface area contributed by atoms with Gasteiger partial charge in [0, 0.05) is 54.3 Å². The fourth-order valence-corrected chi connectivity index (χ4v) is 9.89. The lowest BCUT2D eigenvalue weighted by Gasteiger charge is -2.28. The van der Waals surface area contributed by atoms with Crippen molar-refractivity contribution in [2.24, 2.45) is 0 Å². The fraction of sp³-hybridized carbons (Fsp3) is 0.0577. The SMILES string of the molecule is CC1(C)c2ccccc2-c2ccc(N(c3ccc(-c4cccc5c4sc4ccccc45)cc3)c3ccc4nc(-c5ccc(-c6ccccc6)cc5)oc4c3)cc21. The lowest BCUT2D eigenvalue weighted by molar-refractivity contribution is 0.620. The van der Waals surface area contributed by atoms with Crippen LogP contribution in [0.5, 0.6) is 0 Å². The van der Waals surface area contributed by atoms with E-state index in [0.717, 1.165) is 39.3 Å². The second-order valence-corrected chi connectivity index (χ2v) is 16.2. The van der Waals surface area contributed by atoms with Crippen LogP contribution in [0.3, 0.4) is 0 Å². The van der Waals surface area contributed by atoms with Gasteiger partial charge in [0.15, 0.2) is 5.58 Å². The number of oxazole rings is 1. The van der Waals surface area contributed by atoms with E-state index in [1.807, 2.05) is 17.4 Å². The van der Waals surface area contributed by atoms with Crippen molar-refractivity contribution < 1.29 is 4.42 Å². The highest BCUT2D eigenvalue weighted by Crippen LogP contribution is 2.51. The molecule has 0 aliphatic heterocycles. The molecule has 4 heteroatoms. The molecule has 0 unspecified atom stereocenters. The van der Waals surface area contributed by atoms with E-state index in [1.165, 1.54) is 59.1 Å². The Morgan fingerprint density at radius 1 is 0.482 bits per heavy atom. The number of fused-ring (bicyclic) bond motifs is 7. The molecule has 10 aromatic rings. The van der Waals surface area contributed by atoms with Crippen molar-refractivity contribution in [3.05, 3.63) is 193 Å². The maximum Gasteiger partial charge on any atom is 0.227 e. The van der Waals surface area contributed by atoms with Crippen LogP contribution in [0.25, 0.3) is 76.1 Å². The Morgan fingerprint density at radius 3 is 1.96 bits per heavy atom. The molecule has 0 N–H and O–H groups in total. The van der Waals surface area contributed by atoms with E-state index in [0.29, 0.717) is 5.89 Å². The highest BCUT2D eigenvalue weighted by Gasteiger charge is 2.35. The number of thiophene rings is 1. The minimum atomic E-state index is -0.125. The first kappa shape index (κ1) is 32.7. The van der Waals surface area contributed by atoms with Gasteiger partial charge in [-0.1, -0.05) is 135 Å². The van der Waals surface area contributed by atoms with Crippen LogP contribution in [0, 0.1) is 0 Å². The minimum Gasteiger partial charge on any atom is -0.436 e. The molecule has 1 aliphatic carbocycles. The number of hydrogen-bond donors (Lipinski definition) is 0. The Labute approximate surface area is 329 Å². The normalized spacial score (nSPS) is 13.0. The summed E-state index contributed by atoms with van der Waals surface area (Å²) in [7, 11) is 0. The summed E-state index contributed by atoms with van der Waals surface area (Å²) < 4.78 is 9.15. The van der Waals surface area contributed by atoms with Gasteiger partial charge in [0.2, 0.25) is 5.89 Å². The molecular formula is C52H36N2OS. The zero-order chi connectivity index (χ0) is 37.4. The van der Waals surface area contributed by atoms with Gasteiger partial charge in [-0.3, -0.25) is 0 Å². The van der Waals surface area contributed by atoms with Crippen LogP contribution in [0.15, 0.2) is 186 Å². The predicted octanol–water partition coefficient (Wildman–Crippen LogP) is 15.0. The van der Waals surface area contributed by atoms with Crippen LogP contribution >= 0.6 is 11.3 Å². The number of aromatic nitrogens is 1. The van der Waals surface area contributed by atoms with Crippen LogP contribution in [0.2, 0.25) is 0 Å². The molecule has 0 saturated heterocycles. The first-order valence-corrected chi connectivity index (χ1v) is 19.9. The van der Waals surface area contributed by atoms with Gasteiger partial charge in [-0.25, -0.2) is 4.98 Å². The number of nitrogens with zero attached hydrogens (tertiary/aromatic N) is 2. The van der Waals surface area contributed by atoms with Crippen molar-refractivity contribution in [3.8, 4) is 44.8 Å². The molecule has 3 nitrogen and oxygen atoms in total. The van der Waals surface area contributed by atoms with E-state index in [4.69, 9.17) is 9.40 Å². The maximum absolute atomic E-state index is 6.52. The van der Waals surface area contributed by atoms with E-state index < -0.39 is 0 Å². The van der Waals surface area contributed by atoms with Gasteiger partial charge in [0.05, 0.1) is 0 Å². The van der Waals surface area contributed by atoms with Gasteiger partial charge < -0.3 is 9.32 Å². The lowest BCUT2D eigenvalue weighted by atomic mass is 9.82. The number of hydrogen-bond acceptors (Lipinski definition) is 4. The first-order valence-electron chi connectivity index (χ1n) is 19.1. The predicted molar refractivity (Wildman–Crippen MR) is 235 cm³/mol. The molecular weight excluding hydrogens is 701 g/mol. The van der Waals surface area contributed by atoms with Crippen LogP contribution in [0.4, 0.5) is 17.1 Å². The van der Waals surface area contributed by atoms with Crippen molar-refractivity contribution in [3.63, 3.8) is 0 Å². The molecule has 0 bridgehead atoms. The van der Waals surface area contributed by atoms with E-state index in [2.05, 4.69) is 195 Å². The molecule has 56 heavy (non-hydrogen) atoms. The summed E-state index contributed by atoms with van der Waals surface area (Å²) in [4.78, 5) is 7.27. The van der Waals surface area contributed by atoms with Gasteiger partial charge in [0.25, 0.3) is 0 Å². The third kappa shape index (κ3) is 5.21. The zero-order valence-corrected chi connectivity index (χ0v) is 31.8. The Balaban J connectivity index is 1.01. The second-order valence-electron chi connectivity index (χ2n) is 15.2. The van der Waals surface area contributed by atoms with E-state index >= 15 is 0 Å². The quantitative estimate of drug-likeness (QED) is 0.170. The molecule has 8 aromatic carbocycles. The smallest absolute Gasteiger partial charge is 0.227 e. The zero-order valence-electron chi connectivity index (χ0n) is 31.0. The molecule has 0 spiro atoms. The summed E-state index contributed by atoms with van der Waals surface area (Å²) >= 11 is 1.87. The Hall–Kier alpha value is -6.75. The number of rotatable bonds is 6. The molecule has 266 valence electrons. The molecule has 0 fully saturated rings. The first-order chi connectivity index (χ1) is 27.5. The molecule has 11 rings (SSSR count). The van der Waals surface area contributed by atoms with Gasteiger partial charge in [-0.15, -0.1) is 11.3 Å². The minimum absolute atomic E-state index is 0.125. The summed E-state index contributed by atoms with van der Waals surface area (Å²) in [5, 5.41) is 2.62. The fourth-order valence-electron chi connectivity index (χ4n) is 8.65. The molecule has 2 heterocycles. The van der Waals surface area contributed by atoms with Gasteiger partial charge in [-0.05, 0) is 99.1 Å². The second kappa shape index (κ2) is 12.7. The summed E-state index contributed by atoms with van der Waals surface area (Å²) in [5.41, 5.74) is 15.7. The molecule has 0 radical (unpaired) electrons. The van der Waals surface area contributed by atoms with Crippen molar-refractivity contribution in [2.45, 2.75) is 19.3 Å². The number of benzene rings is 8. The van der Waals surface area contributed by atoms with Crippen molar-refractivity contribution in [1.82, 2.24) is 4.98 Å². The number of anilines is 3. The van der Waals surface area contributed by atoms with Crippen molar-refractivity contribution in [2.75, 3.05) is 4.90 Å². The largest absolute Gasteiger partial charge is 0.436 e. The van der Waals surface area contributed by atoms with Gasteiger partial charge in [0.1, 0.15) is 5.52 Å². The summed E-state index contributed by atoms with van der Waals surface area (Å²) in [6, 6.07) is 65.4. The van der Waals surface area contributed by atoms with E-state index in [1.54, 1.807) is 0 Å². The molecule has 0 saturated carbocycles. The summed E-state index contributed by atoms with van der Waals surface area (Å²) in [6.45, 7) is 4.67. The van der Waals surface area contributed by atoms with Crippen LogP contribution in [0.1, 0.15) is 25.0 Å². The van der Waals surface area contributed by atoms with Crippen LogP contribution in [-0.2, 0) is 5.41 Å². The Bertz CT molecular complexity index is 3100. The van der Waals surface area contributed by atoms with Crippen molar-refractivity contribution >= 4 is 59.7 Å². The standard InChI is InChI=1S/C52H36N2OS/c1-52(2)45-17-8-6-13-41(45)42-29-27-38(31-46(42)52)54(37-25-23-35(24-26-37)40-15-10-16-44-43-14-7-9-18-49(43)56-50(40)44)39-28-30-47-48(32-39)55-51(53-47)36-21-19-34(20-22-36)33-11-4-3-5-12-33/h3-32H,1-2H3. The monoisotopic (exact) mass is 736 g/mol. The Morgan fingerprint density at radius 2 is 1.11 bits per heavy atom. The summed E-state index contributed by atoms with van der Waals surface area (Å²) in [5.74, 6) is 0.611. The third-order valence-electron chi connectivity index (χ3n) is 11.5. The van der Waals surface area contributed by atoms with E-state index in [9.17, 15) is 0 Å². The van der Waals surface area contributed by atoms with Gasteiger partial charge in [-0.2, -0.15) is 0 Å². The molecule has 0 atom stereocenters.